The van der Waals surface area contributed by atoms with E-state index in [-0.39, 0.29) is 11.0 Å². The second-order valence-electron chi connectivity index (χ2n) is 6.47. The summed E-state index contributed by atoms with van der Waals surface area (Å²) in [6.07, 6.45) is 0.799. The molecule has 0 aliphatic heterocycles. The van der Waals surface area contributed by atoms with Gasteiger partial charge in [-0.3, -0.25) is 4.79 Å². The van der Waals surface area contributed by atoms with E-state index < -0.39 is 0 Å². The number of thiazole rings is 1. The Hall–Kier alpha value is -1.49. The minimum Gasteiger partial charge on any atom is -0.305 e. The van der Waals surface area contributed by atoms with Crippen LogP contribution in [0.3, 0.4) is 0 Å². The molecule has 0 spiro atoms. The first-order valence-electron chi connectivity index (χ1n) is 6.82. The Morgan fingerprint density at radius 2 is 2.00 bits per heavy atom. The van der Waals surface area contributed by atoms with Gasteiger partial charge < -0.3 is 4.98 Å². The van der Waals surface area contributed by atoms with E-state index in [0.29, 0.717) is 11.7 Å². The highest BCUT2D eigenvalue weighted by molar-refractivity contribution is 7.10. The van der Waals surface area contributed by atoms with Crippen LogP contribution >= 0.6 is 11.3 Å². The number of rotatable bonds is 3. The van der Waals surface area contributed by atoms with Crippen LogP contribution in [0.4, 0.5) is 0 Å². The third kappa shape index (κ3) is 3.54. The van der Waals surface area contributed by atoms with Gasteiger partial charge >= 0.3 is 0 Å². The minimum atomic E-state index is -0.115. The molecule has 0 aromatic carbocycles. The number of hydrogen-bond donors (Lipinski definition) is 1. The zero-order chi connectivity index (χ0) is 14.9. The first-order valence-corrected chi connectivity index (χ1v) is 7.70. The van der Waals surface area contributed by atoms with Crippen LogP contribution in [0.2, 0.25) is 0 Å². The van der Waals surface area contributed by atoms with E-state index in [9.17, 15) is 4.79 Å². The highest BCUT2D eigenvalue weighted by Crippen LogP contribution is 2.28. The Balaban J connectivity index is 2.40. The average molecular weight is 291 g/mol. The number of nitrogens with zero attached hydrogens (tertiary/aromatic N) is 2. The Bertz CT molecular complexity index is 650. The van der Waals surface area contributed by atoms with Crippen molar-refractivity contribution >= 4 is 11.3 Å². The van der Waals surface area contributed by atoms with Gasteiger partial charge in [-0.25, -0.2) is 9.97 Å². The van der Waals surface area contributed by atoms with E-state index in [1.165, 1.54) is 0 Å². The molecule has 0 saturated carbocycles. The molecular weight excluding hydrogens is 270 g/mol. The van der Waals surface area contributed by atoms with Crippen LogP contribution in [-0.2, 0) is 11.8 Å². The van der Waals surface area contributed by atoms with Crippen molar-refractivity contribution in [1.82, 2.24) is 15.0 Å². The molecule has 0 atom stereocenters. The van der Waals surface area contributed by atoms with Crippen molar-refractivity contribution in [3.05, 3.63) is 32.5 Å². The maximum Gasteiger partial charge on any atom is 0.251 e. The van der Waals surface area contributed by atoms with E-state index in [2.05, 4.69) is 49.6 Å². The molecule has 0 aliphatic carbocycles. The van der Waals surface area contributed by atoms with Gasteiger partial charge in [-0.15, -0.1) is 11.3 Å². The molecule has 2 heterocycles. The molecule has 2 rings (SSSR count). The molecule has 0 aliphatic rings. The summed E-state index contributed by atoms with van der Waals surface area (Å²) < 4.78 is 0. The van der Waals surface area contributed by atoms with Crippen molar-refractivity contribution in [3.63, 3.8) is 0 Å². The van der Waals surface area contributed by atoms with Gasteiger partial charge in [0.2, 0.25) is 0 Å². The Morgan fingerprint density at radius 3 is 2.55 bits per heavy atom. The van der Waals surface area contributed by atoms with Gasteiger partial charge in [0.15, 0.2) is 5.82 Å². The fraction of sp³-hybridized carbons (Fsp3) is 0.533. The van der Waals surface area contributed by atoms with E-state index in [4.69, 9.17) is 0 Å². The van der Waals surface area contributed by atoms with Crippen LogP contribution in [0, 0.1) is 5.92 Å². The average Bonchev–Trinajstić information content (AvgIpc) is 2.75. The summed E-state index contributed by atoms with van der Waals surface area (Å²) in [6.45, 7) is 10.6. The summed E-state index contributed by atoms with van der Waals surface area (Å²) in [5.74, 6) is 1.04. The fourth-order valence-corrected chi connectivity index (χ4v) is 2.77. The summed E-state index contributed by atoms with van der Waals surface area (Å²) in [7, 11) is 0. The van der Waals surface area contributed by atoms with Gasteiger partial charge in [0.05, 0.1) is 5.01 Å². The molecule has 1 N–H and O–H groups in total. The third-order valence-corrected chi connectivity index (χ3v) is 4.07. The van der Waals surface area contributed by atoms with Crippen molar-refractivity contribution in [1.29, 1.82) is 0 Å². The zero-order valence-corrected chi connectivity index (χ0v) is 13.5. The second kappa shape index (κ2) is 5.48. The summed E-state index contributed by atoms with van der Waals surface area (Å²) in [5.41, 5.74) is 1.47. The number of nitrogens with one attached hydrogen (secondary N) is 1. The monoisotopic (exact) mass is 291 g/mol. The lowest BCUT2D eigenvalue weighted by molar-refractivity contribution is 0.585. The Labute approximate surface area is 123 Å². The molecule has 20 heavy (non-hydrogen) atoms. The van der Waals surface area contributed by atoms with Gasteiger partial charge in [-0.1, -0.05) is 34.6 Å². The Kier molecular flexibility index (Phi) is 4.09. The summed E-state index contributed by atoms with van der Waals surface area (Å²) in [4.78, 5) is 23.7. The fourth-order valence-electron chi connectivity index (χ4n) is 1.88. The highest BCUT2D eigenvalue weighted by Gasteiger charge is 2.19. The predicted molar refractivity (Wildman–Crippen MR) is 83.2 cm³/mol. The van der Waals surface area contributed by atoms with Crippen LogP contribution in [0.1, 0.15) is 45.3 Å². The molecule has 0 radical (unpaired) electrons. The molecular formula is C15H21N3OS. The van der Waals surface area contributed by atoms with E-state index in [1.54, 1.807) is 17.4 Å². The van der Waals surface area contributed by atoms with Crippen LogP contribution < -0.4 is 5.56 Å². The summed E-state index contributed by atoms with van der Waals surface area (Å²) in [6, 6.07) is 1.57. The van der Waals surface area contributed by atoms with Crippen molar-refractivity contribution in [3.8, 4) is 11.5 Å². The SMILES string of the molecule is CC(C)Cc1cc(=O)[nH]c(-c2csc(C(C)(C)C)n2)n1. The molecule has 5 heteroatoms. The van der Waals surface area contributed by atoms with Gasteiger partial charge in [-0.2, -0.15) is 0 Å². The zero-order valence-electron chi connectivity index (χ0n) is 12.7. The second-order valence-corrected chi connectivity index (χ2v) is 7.33. The van der Waals surface area contributed by atoms with Crippen LogP contribution in [0.5, 0.6) is 0 Å². The summed E-state index contributed by atoms with van der Waals surface area (Å²) >= 11 is 1.60. The number of aromatic nitrogens is 3. The van der Waals surface area contributed by atoms with Gasteiger partial charge in [0.1, 0.15) is 5.69 Å². The van der Waals surface area contributed by atoms with Crippen molar-refractivity contribution < 1.29 is 0 Å². The molecule has 2 aromatic rings. The lowest BCUT2D eigenvalue weighted by Crippen LogP contribution is -2.13. The lowest BCUT2D eigenvalue weighted by atomic mass is 9.98. The van der Waals surface area contributed by atoms with Crippen LogP contribution in [-0.4, -0.2) is 15.0 Å². The number of hydrogen-bond acceptors (Lipinski definition) is 4. The molecule has 108 valence electrons. The van der Waals surface area contributed by atoms with Gasteiger partial charge in [-0.05, 0) is 12.3 Å². The molecule has 0 saturated heterocycles. The normalized spacial score (nSPS) is 12.1. The highest BCUT2D eigenvalue weighted by atomic mass is 32.1. The molecule has 0 bridgehead atoms. The van der Waals surface area contributed by atoms with Crippen LogP contribution in [0.25, 0.3) is 11.5 Å². The quantitative estimate of drug-likeness (QED) is 0.943. The topological polar surface area (TPSA) is 58.6 Å². The van der Waals surface area contributed by atoms with E-state index in [0.717, 1.165) is 22.8 Å². The first-order chi connectivity index (χ1) is 9.25. The minimum absolute atomic E-state index is 0.0127. The molecule has 0 fully saturated rings. The van der Waals surface area contributed by atoms with Crippen molar-refractivity contribution in [2.45, 2.75) is 46.5 Å². The number of H-pyrrole nitrogens is 1. The van der Waals surface area contributed by atoms with Gasteiger partial charge in [0.25, 0.3) is 5.56 Å². The van der Waals surface area contributed by atoms with Gasteiger partial charge in [0, 0.05) is 22.6 Å². The maximum absolute atomic E-state index is 11.7. The van der Waals surface area contributed by atoms with Crippen LogP contribution in [0.15, 0.2) is 16.2 Å². The predicted octanol–water partition coefficient (Wildman–Crippen LogP) is 3.39. The summed E-state index contributed by atoms with van der Waals surface area (Å²) in [5, 5.41) is 3.00. The molecule has 2 aromatic heterocycles. The standard InChI is InChI=1S/C15H21N3OS/c1-9(2)6-10-7-12(19)18-13(16-10)11-8-20-14(17-11)15(3,4)5/h7-9H,6H2,1-5H3,(H,16,18,19). The van der Waals surface area contributed by atoms with Crippen molar-refractivity contribution in [2.75, 3.05) is 0 Å². The Morgan fingerprint density at radius 1 is 1.30 bits per heavy atom. The number of aromatic amines is 1. The molecule has 4 nitrogen and oxygen atoms in total. The smallest absolute Gasteiger partial charge is 0.251 e. The van der Waals surface area contributed by atoms with Crippen molar-refractivity contribution in [2.24, 2.45) is 5.92 Å². The molecule has 0 unspecified atom stereocenters. The third-order valence-electron chi connectivity index (χ3n) is 2.80. The first kappa shape index (κ1) is 14.9. The largest absolute Gasteiger partial charge is 0.305 e. The maximum atomic E-state index is 11.7. The lowest BCUT2D eigenvalue weighted by Gasteiger charge is -2.13. The molecule has 0 amide bonds. The van der Waals surface area contributed by atoms with E-state index in [1.807, 2.05) is 5.38 Å². The van der Waals surface area contributed by atoms with E-state index >= 15 is 0 Å².